The first-order valence-electron chi connectivity index (χ1n) is 6.54. The largest absolute Gasteiger partial charge is 0.0795 e. The molecule has 0 unspecified atom stereocenters. The SMILES string of the molecule is CC(C)(C)c1ccc(C(C)(C)C)c2c1C=CC2. The van der Waals surface area contributed by atoms with Crippen LogP contribution in [0.1, 0.15) is 63.8 Å². The Labute approximate surface area is 106 Å². The van der Waals surface area contributed by atoms with E-state index in [4.69, 9.17) is 0 Å². The third-order valence-corrected chi connectivity index (χ3v) is 3.58. The van der Waals surface area contributed by atoms with Crippen molar-refractivity contribution in [2.45, 2.75) is 58.8 Å². The summed E-state index contributed by atoms with van der Waals surface area (Å²) in [5, 5.41) is 0. The van der Waals surface area contributed by atoms with E-state index in [1.54, 1.807) is 5.56 Å². The standard InChI is InChI=1S/C17H24/c1-16(2,3)14-10-11-15(17(4,5)6)13-9-7-8-12(13)14/h7-8,10-11H,9H2,1-6H3. The van der Waals surface area contributed by atoms with E-state index in [9.17, 15) is 0 Å². The molecule has 0 radical (unpaired) electrons. The van der Waals surface area contributed by atoms with Gasteiger partial charge in [-0.15, -0.1) is 0 Å². The van der Waals surface area contributed by atoms with Crippen LogP contribution in [-0.4, -0.2) is 0 Å². The smallest absolute Gasteiger partial charge is 0.00851 e. The summed E-state index contributed by atoms with van der Waals surface area (Å²) in [5.74, 6) is 0. The molecule has 0 heterocycles. The summed E-state index contributed by atoms with van der Waals surface area (Å²) in [5.41, 5.74) is 6.48. The lowest BCUT2D eigenvalue weighted by molar-refractivity contribution is 0.571. The number of fused-ring (bicyclic) bond motifs is 1. The zero-order valence-electron chi connectivity index (χ0n) is 12.0. The van der Waals surface area contributed by atoms with Crippen LogP contribution in [0.2, 0.25) is 0 Å². The van der Waals surface area contributed by atoms with Gasteiger partial charge >= 0.3 is 0 Å². The number of rotatable bonds is 0. The minimum Gasteiger partial charge on any atom is -0.0795 e. The van der Waals surface area contributed by atoms with Gasteiger partial charge in [0.15, 0.2) is 0 Å². The molecule has 0 bridgehead atoms. The highest BCUT2D eigenvalue weighted by Crippen LogP contribution is 2.38. The minimum absolute atomic E-state index is 0.231. The lowest BCUT2D eigenvalue weighted by Crippen LogP contribution is -2.18. The van der Waals surface area contributed by atoms with Gasteiger partial charge in [-0.3, -0.25) is 0 Å². The fourth-order valence-corrected chi connectivity index (χ4v) is 2.73. The van der Waals surface area contributed by atoms with Crippen molar-refractivity contribution in [2.75, 3.05) is 0 Å². The molecule has 0 N–H and O–H groups in total. The zero-order valence-corrected chi connectivity index (χ0v) is 12.0. The van der Waals surface area contributed by atoms with Crippen molar-refractivity contribution >= 4 is 6.08 Å². The Kier molecular flexibility index (Phi) is 2.72. The van der Waals surface area contributed by atoms with Crippen LogP contribution in [0.3, 0.4) is 0 Å². The lowest BCUT2D eigenvalue weighted by Gasteiger charge is -2.28. The molecule has 1 aromatic carbocycles. The first-order valence-corrected chi connectivity index (χ1v) is 6.54. The third kappa shape index (κ3) is 2.18. The maximum absolute atomic E-state index is 2.34. The Morgan fingerprint density at radius 3 is 1.88 bits per heavy atom. The van der Waals surface area contributed by atoms with Crippen LogP contribution in [0.4, 0.5) is 0 Å². The molecule has 0 aromatic heterocycles. The van der Waals surface area contributed by atoms with Crippen LogP contribution in [0.5, 0.6) is 0 Å². The number of allylic oxidation sites excluding steroid dienone is 1. The predicted octanol–water partition coefficient (Wildman–Crippen LogP) is 4.85. The van der Waals surface area contributed by atoms with Gasteiger partial charge in [0.2, 0.25) is 0 Å². The highest BCUT2D eigenvalue weighted by atomic mass is 14.3. The van der Waals surface area contributed by atoms with Crippen molar-refractivity contribution in [1.82, 2.24) is 0 Å². The summed E-state index contributed by atoms with van der Waals surface area (Å²) >= 11 is 0. The van der Waals surface area contributed by atoms with E-state index in [0.29, 0.717) is 0 Å². The van der Waals surface area contributed by atoms with E-state index in [2.05, 4.69) is 65.8 Å². The van der Waals surface area contributed by atoms with E-state index in [-0.39, 0.29) is 10.8 Å². The van der Waals surface area contributed by atoms with Gasteiger partial charge in [0.05, 0.1) is 0 Å². The Morgan fingerprint density at radius 2 is 1.35 bits per heavy atom. The fourth-order valence-electron chi connectivity index (χ4n) is 2.73. The predicted molar refractivity (Wildman–Crippen MR) is 76.6 cm³/mol. The number of hydrogen-bond acceptors (Lipinski definition) is 0. The average molecular weight is 228 g/mol. The number of benzene rings is 1. The second-order valence-corrected chi connectivity index (χ2v) is 7.16. The molecule has 17 heavy (non-hydrogen) atoms. The van der Waals surface area contributed by atoms with Gasteiger partial charge in [-0.25, -0.2) is 0 Å². The topological polar surface area (TPSA) is 0 Å². The van der Waals surface area contributed by atoms with E-state index in [1.165, 1.54) is 16.7 Å². The quantitative estimate of drug-likeness (QED) is 0.595. The lowest BCUT2D eigenvalue weighted by atomic mass is 9.77. The van der Waals surface area contributed by atoms with Gasteiger partial charge in [-0.2, -0.15) is 0 Å². The van der Waals surface area contributed by atoms with E-state index < -0.39 is 0 Å². The summed E-state index contributed by atoms with van der Waals surface area (Å²) in [4.78, 5) is 0. The Hall–Kier alpha value is -1.04. The van der Waals surface area contributed by atoms with Crippen LogP contribution < -0.4 is 0 Å². The molecule has 0 amide bonds. The van der Waals surface area contributed by atoms with E-state index >= 15 is 0 Å². The Balaban J connectivity index is 2.65. The molecule has 0 atom stereocenters. The van der Waals surface area contributed by atoms with Crippen molar-refractivity contribution in [2.24, 2.45) is 0 Å². The average Bonchev–Trinajstić information content (AvgIpc) is 2.60. The molecule has 0 heteroatoms. The Morgan fingerprint density at radius 1 is 0.824 bits per heavy atom. The van der Waals surface area contributed by atoms with Gasteiger partial charge in [-0.1, -0.05) is 65.8 Å². The zero-order chi connectivity index (χ0) is 12.8. The molecule has 2 rings (SSSR count). The summed E-state index contributed by atoms with van der Waals surface area (Å²) in [6.07, 6.45) is 5.71. The maximum Gasteiger partial charge on any atom is -0.00851 e. The van der Waals surface area contributed by atoms with Crippen LogP contribution in [0, 0.1) is 0 Å². The molecule has 0 saturated heterocycles. The molecular formula is C17H24. The normalized spacial score (nSPS) is 15.2. The van der Waals surface area contributed by atoms with Gasteiger partial charge in [-0.05, 0) is 39.5 Å². The second-order valence-electron chi connectivity index (χ2n) is 7.16. The Bertz CT molecular complexity index is 462. The molecule has 0 fully saturated rings. The van der Waals surface area contributed by atoms with E-state index in [0.717, 1.165) is 6.42 Å². The van der Waals surface area contributed by atoms with Crippen LogP contribution >= 0.6 is 0 Å². The summed E-state index contributed by atoms with van der Waals surface area (Å²) in [6, 6.07) is 4.67. The van der Waals surface area contributed by atoms with E-state index in [1.807, 2.05) is 0 Å². The highest BCUT2D eigenvalue weighted by molar-refractivity contribution is 5.67. The van der Waals surface area contributed by atoms with Gasteiger partial charge < -0.3 is 0 Å². The minimum atomic E-state index is 0.231. The molecule has 1 aliphatic carbocycles. The highest BCUT2D eigenvalue weighted by Gasteiger charge is 2.26. The third-order valence-electron chi connectivity index (χ3n) is 3.58. The molecular weight excluding hydrogens is 204 g/mol. The van der Waals surface area contributed by atoms with Crippen molar-refractivity contribution < 1.29 is 0 Å². The fraction of sp³-hybridized carbons (Fsp3) is 0.529. The van der Waals surface area contributed by atoms with Crippen LogP contribution in [-0.2, 0) is 17.3 Å². The molecule has 0 saturated carbocycles. The van der Waals surface area contributed by atoms with Gasteiger partial charge in [0.25, 0.3) is 0 Å². The maximum atomic E-state index is 2.34. The molecule has 92 valence electrons. The van der Waals surface area contributed by atoms with Gasteiger partial charge in [0, 0.05) is 0 Å². The monoisotopic (exact) mass is 228 g/mol. The van der Waals surface area contributed by atoms with Crippen molar-refractivity contribution in [3.05, 3.63) is 40.5 Å². The van der Waals surface area contributed by atoms with Crippen molar-refractivity contribution in [3.63, 3.8) is 0 Å². The molecule has 1 aliphatic rings. The van der Waals surface area contributed by atoms with Crippen LogP contribution in [0.15, 0.2) is 18.2 Å². The number of hydrogen-bond donors (Lipinski definition) is 0. The summed E-state index contributed by atoms with van der Waals surface area (Å²) in [6.45, 7) is 13.8. The summed E-state index contributed by atoms with van der Waals surface area (Å²) < 4.78 is 0. The van der Waals surface area contributed by atoms with Crippen molar-refractivity contribution in [3.8, 4) is 0 Å². The summed E-state index contributed by atoms with van der Waals surface area (Å²) in [7, 11) is 0. The van der Waals surface area contributed by atoms with Crippen LogP contribution in [0.25, 0.3) is 6.08 Å². The first kappa shape index (κ1) is 12.4. The second kappa shape index (κ2) is 3.73. The first-order chi connectivity index (χ1) is 7.71. The van der Waals surface area contributed by atoms with Crippen molar-refractivity contribution in [1.29, 1.82) is 0 Å². The molecule has 0 spiro atoms. The molecule has 0 nitrogen and oxygen atoms in total. The molecule has 0 aliphatic heterocycles. The molecule has 1 aromatic rings. The van der Waals surface area contributed by atoms with Gasteiger partial charge in [0.1, 0.15) is 0 Å².